The van der Waals surface area contributed by atoms with E-state index in [2.05, 4.69) is 5.32 Å². The highest BCUT2D eigenvalue weighted by Gasteiger charge is 2.40. The quantitative estimate of drug-likeness (QED) is 0.416. The van der Waals surface area contributed by atoms with E-state index in [1.54, 1.807) is 36.4 Å². The van der Waals surface area contributed by atoms with Crippen molar-refractivity contribution in [3.63, 3.8) is 0 Å². The minimum atomic E-state index is -1.11. The summed E-state index contributed by atoms with van der Waals surface area (Å²) in [5.41, 5.74) is 0.841. The maximum absolute atomic E-state index is 14.3. The van der Waals surface area contributed by atoms with Gasteiger partial charge in [-0.15, -0.1) is 0 Å². The predicted molar refractivity (Wildman–Crippen MR) is 148 cm³/mol. The highest BCUT2D eigenvalue weighted by molar-refractivity contribution is 6.03. The van der Waals surface area contributed by atoms with Crippen molar-refractivity contribution >= 4 is 17.5 Å². The molecular weight excluding hydrogens is 515 g/mol. The molecule has 1 saturated carbocycles. The summed E-state index contributed by atoms with van der Waals surface area (Å²) in [6.07, 6.45) is 3.88. The fraction of sp³-hybridized carbons (Fsp3) is 0.355. The Morgan fingerprint density at radius 3 is 2.33 bits per heavy atom. The maximum Gasteiger partial charge on any atom is 0.272 e. The summed E-state index contributed by atoms with van der Waals surface area (Å²) in [4.78, 5) is 29.7. The lowest BCUT2D eigenvalue weighted by Crippen LogP contribution is -2.52. The minimum Gasteiger partial charge on any atom is -0.493 e. The Kier molecular flexibility index (Phi) is 8.38. The molecule has 0 spiro atoms. The summed E-state index contributed by atoms with van der Waals surface area (Å²) in [6.45, 7) is -0.0452. The van der Waals surface area contributed by atoms with Crippen LogP contribution in [0.5, 0.6) is 23.0 Å². The van der Waals surface area contributed by atoms with Crippen molar-refractivity contribution in [3.8, 4) is 23.0 Å². The Balaban J connectivity index is 1.58. The summed E-state index contributed by atoms with van der Waals surface area (Å²) >= 11 is 0. The monoisotopic (exact) mass is 548 g/mol. The van der Waals surface area contributed by atoms with E-state index in [0.29, 0.717) is 34.2 Å². The molecule has 8 nitrogen and oxygen atoms in total. The van der Waals surface area contributed by atoms with E-state index >= 15 is 0 Å². The number of anilines is 1. The molecule has 0 radical (unpaired) electrons. The Morgan fingerprint density at radius 2 is 1.62 bits per heavy atom. The zero-order valence-corrected chi connectivity index (χ0v) is 22.6. The number of hydrogen-bond donors (Lipinski definition) is 1. The highest BCUT2D eigenvalue weighted by Crippen LogP contribution is 2.37. The third kappa shape index (κ3) is 5.83. The van der Waals surface area contributed by atoms with Gasteiger partial charge in [-0.25, -0.2) is 4.39 Å². The molecule has 3 aromatic carbocycles. The molecule has 210 valence electrons. The second-order valence-corrected chi connectivity index (χ2v) is 9.91. The normalized spacial score (nSPS) is 17.4. The lowest BCUT2D eigenvalue weighted by molar-refractivity contribution is -0.132. The number of fused-ring (bicyclic) bond motifs is 1. The topological polar surface area (TPSA) is 86.3 Å². The van der Waals surface area contributed by atoms with Crippen LogP contribution < -0.4 is 29.2 Å². The van der Waals surface area contributed by atoms with Crippen LogP contribution in [-0.2, 0) is 9.59 Å². The van der Waals surface area contributed by atoms with Crippen LogP contribution in [0.3, 0.4) is 0 Å². The molecule has 0 bridgehead atoms. The molecule has 1 aliphatic heterocycles. The van der Waals surface area contributed by atoms with Crippen molar-refractivity contribution in [3.05, 3.63) is 78.1 Å². The molecular formula is C31H33FN2O6. The van der Waals surface area contributed by atoms with Crippen molar-refractivity contribution in [2.75, 3.05) is 25.7 Å². The fourth-order valence-corrected chi connectivity index (χ4v) is 5.27. The van der Waals surface area contributed by atoms with Gasteiger partial charge >= 0.3 is 0 Å². The minimum absolute atomic E-state index is 0.00444. The average Bonchev–Trinajstić information content (AvgIpc) is 3.00. The van der Waals surface area contributed by atoms with Crippen LogP contribution >= 0.6 is 0 Å². The molecule has 0 aromatic heterocycles. The summed E-state index contributed by atoms with van der Waals surface area (Å²) in [5, 5.41) is 3.17. The lowest BCUT2D eigenvalue weighted by Gasteiger charge is -2.36. The van der Waals surface area contributed by atoms with E-state index in [9.17, 15) is 14.0 Å². The predicted octanol–water partition coefficient (Wildman–Crippen LogP) is 5.21. The number of ether oxygens (including phenoxy) is 4. The molecule has 2 amide bonds. The van der Waals surface area contributed by atoms with Crippen LogP contribution in [0.25, 0.3) is 0 Å². The largest absolute Gasteiger partial charge is 0.493 e. The first-order valence-corrected chi connectivity index (χ1v) is 13.5. The van der Waals surface area contributed by atoms with Gasteiger partial charge in [0.05, 0.1) is 14.2 Å². The number of para-hydroxylation sites is 2. The van der Waals surface area contributed by atoms with Crippen LogP contribution in [-0.4, -0.2) is 44.8 Å². The van der Waals surface area contributed by atoms with Crippen LogP contribution in [0.4, 0.5) is 10.1 Å². The van der Waals surface area contributed by atoms with E-state index in [4.69, 9.17) is 18.9 Å². The number of methoxy groups -OCH3 is 2. The molecule has 1 aliphatic carbocycles. The van der Waals surface area contributed by atoms with Crippen molar-refractivity contribution in [1.82, 2.24) is 5.32 Å². The number of rotatable bonds is 8. The van der Waals surface area contributed by atoms with Gasteiger partial charge in [-0.05, 0) is 66.9 Å². The number of amides is 2. The molecule has 2 atom stereocenters. The molecule has 1 fully saturated rings. The third-order valence-corrected chi connectivity index (χ3v) is 7.31. The van der Waals surface area contributed by atoms with Gasteiger partial charge in [0.15, 0.2) is 23.0 Å². The van der Waals surface area contributed by atoms with Gasteiger partial charge in [-0.3, -0.25) is 14.5 Å². The fourth-order valence-electron chi connectivity index (χ4n) is 5.27. The van der Waals surface area contributed by atoms with Gasteiger partial charge in [0.1, 0.15) is 18.5 Å². The first-order chi connectivity index (χ1) is 19.5. The van der Waals surface area contributed by atoms with Crippen molar-refractivity contribution in [2.24, 2.45) is 0 Å². The van der Waals surface area contributed by atoms with E-state index < -0.39 is 23.9 Å². The van der Waals surface area contributed by atoms with Gasteiger partial charge in [-0.1, -0.05) is 37.5 Å². The molecule has 40 heavy (non-hydrogen) atoms. The van der Waals surface area contributed by atoms with Crippen molar-refractivity contribution in [1.29, 1.82) is 0 Å². The Hall–Kier alpha value is -4.27. The molecule has 5 rings (SSSR count). The van der Waals surface area contributed by atoms with Gasteiger partial charge in [0, 0.05) is 11.7 Å². The van der Waals surface area contributed by atoms with Crippen molar-refractivity contribution < 1.29 is 32.9 Å². The zero-order valence-electron chi connectivity index (χ0n) is 22.6. The van der Waals surface area contributed by atoms with E-state index in [1.165, 1.54) is 43.4 Å². The number of nitrogens with one attached hydrogen (secondary N) is 1. The number of nitrogens with zero attached hydrogens (tertiary/aromatic N) is 1. The molecule has 1 heterocycles. The van der Waals surface area contributed by atoms with Gasteiger partial charge in [0.25, 0.3) is 5.91 Å². The third-order valence-electron chi connectivity index (χ3n) is 7.31. The van der Waals surface area contributed by atoms with E-state index in [0.717, 1.165) is 32.1 Å². The molecule has 3 aromatic rings. The van der Waals surface area contributed by atoms with Gasteiger partial charge < -0.3 is 24.3 Å². The van der Waals surface area contributed by atoms with E-state index in [1.807, 2.05) is 6.07 Å². The van der Waals surface area contributed by atoms with E-state index in [-0.39, 0.29) is 18.6 Å². The molecule has 2 aliphatic rings. The molecule has 9 heteroatoms. The van der Waals surface area contributed by atoms with Crippen LogP contribution in [0.2, 0.25) is 0 Å². The zero-order chi connectivity index (χ0) is 28.1. The van der Waals surface area contributed by atoms with Gasteiger partial charge in [0.2, 0.25) is 12.0 Å². The lowest BCUT2D eigenvalue weighted by atomic mass is 9.94. The number of carbonyl (C=O) groups excluding carboxylic acids is 2. The maximum atomic E-state index is 14.3. The molecule has 2 unspecified atom stereocenters. The standard InChI is InChI=1S/C31H33FN2O6/c1-37-24-17-12-20(18-27(24)38-2)29(30(35)33-22-8-4-3-5-9-22)34(23-15-13-21(32)14-16-23)31(36)28-19-39-25-10-6-7-11-26(25)40-28/h6-7,10-18,22,28-29H,3-5,8-9,19H2,1-2H3,(H,33,35). The Bertz CT molecular complexity index is 1340. The number of benzene rings is 3. The molecule has 0 saturated heterocycles. The van der Waals surface area contributed by atoms with Crippen LogP contribution in [0.15, 0.2) is 66.7 Å². The number of halogens is 1. The summed E-state index contributed by atoms with van der Waals surface area (Å²) in [5.74, 6) is 0.545. The average molecular weight is 549 g/mol. The van der Waals surface area contributed by atoms with Crippen LogP contribution in [0.1, 0.15) is 43.7 Å². The number of carbonyl (C=O) groups is 2. The van der Waals surface area contributed by atoms with Crippen molar-refractivity contribution in [2.45, 2.75) is 50.3 Å². The second kappa shape index (κ2) is 12.3. The smallest absolute Gasteiger partial charge is 0.272 e. The van der Waals surface area contributed by atoms with Gasteiger partial charge in [-0.2, -0.15) is 0 Å². The Morgan fingerprint density at radius 1 is 0.925 bits per heavy atom. The Labute approximate surface area is 233 Å². The summed E-state index contributed by atoms with van der Waals surface area (Å²) in [7, 11) is 3.03. The number of hydrogen-bond acceptors (Lipinski definition) is 6. The van der Waals surface area contributed by atoms with Crippen LogP contribution in [0, 0.1) is 5.82 Å². The first-order valence-electron chi connectivity index (χ1n) is 13.5. The summed E-state index contributed by atoms with van der Waals surface area (Å²) in [6, 6.07) is 16.5. The molecule has 1 N–H and O–H groups in total. The highest BCUT2D eigenvalue weighted by atomic mass is 19.1. The summed E-state index contributed by atoms with van der Waals surface area (Å²) < 4.78 is 36.8. The SMILES string of the molecule is COc1ccc(C(C(=O)NC2CCCCC2)N(C(=O)C2COc3ccccc3O2)c2ccc(F)cc2)cc1OC. The first kappa shape index (κ1) is 27.3. The second-order valence-electron chi connectivity index (χ2n) is 9.91.